The summed E-state index contributed by atoms with van der Waals surface area (Å²) < 4.78 is 0. The second-order valence-electron chi connectivity index (χ2n) is 3.98. The van der Waals surface area contributed by atoms with Crippen molar-refractivity contribution in [2.24, 2.45) is 0 Å². The zero-order valence-electron chi connectivity index (χ0n) is 13.1. The fourth-order valence-electron chi connectivity index (χ4n) is 1.73. The smallest absolute Gasteiger partial charge is 0.0141 e. The van der Waals surface area contributed by atoms with Crippen LogP contribution in [-0.2, 0) is 0 Å². The maximum Gasteiger partial charge on any atom is -0.0141 e. The Balaban J connectivity index is 6.03. The summed E-state index contributed by atoms with van der Waals surface area (Å²) >= 11 is 0. The van der Waals surface area contributed by atoms with E-state index in [0.29, 0.717) is 0 Å². The second-order valence-corrected chi connectivity index (χ2v) is 6.20. The first-order chi connectivity index (χ1) is 10.2. The zero-order chi connectivity index (χ0) is 16.1. The lowest BCUT2D eigenvalue weighted by Gasteiger charge is -2.21. The SMILES string of the molecule is C=C/C=C\C(=C/C)P(/C(C=C)=C/C=C)C(/C=C\C=C)=C/C. The van der Waals surface area contributed by atoms with Crippen molar-refractivity contribution >= 4 is 7.92 Å². The van der Waals surface area contributed by atoms with Gasteiger partial charge in [0.05, 0.1) is 0 Å². The number of hydrogen-bond donors (Lipinski definition) is 0. The van der Waals surface area contributed by atoms with Gasteiger partial charge in [0, 0.05) is 0 Å². The van der Waals surface area contributed by atoms with Crippen molar-refractivity contribution in [2.45, 2.75) is 13.8 Å². The van der Waals surface area contributed by atoms with Crippen LogP contribution < -0.4 is 0 Å². The van der Waals surface area contributed by atoms with Gasteiger partial charge in [0.15, 0.2) is 0 Å². The molecule has 0 unspecified atom stereocenters. The van der Waals surface area contributed by atoms with Gasteiger partial charge in [0.2, 0.25) is 0 Å². The van der Waals surface area contributed by atoms with Gasteiger partial charge >= 0.3 is 0 Å². The van der Waals surface area contributed by atoms with E-state index >= 15 is 0 Å². The van der Waals surface area contributed by atoms with Crippen molar-refractivity contribution < 1.29 is 0 Å². The van der Waals surface area contributed by atoms with Crippen LogP contribution in [0.4, 0.5) is 0 Å². The van der Waals surface area contributed by atoms with Crippen molar-refractivity contribution in [3.8, 4) is 0 Å². The molecule has 0 bridgehead atoms. The Hall–Kier alpha value is -1.91. The molecule has 0 spiro atoms. The first-order valence-corrected chi connectivity index (χ1v) is 8.20. The lowest BCUT2D eigenvalue weighted by molar-refractivity contribution is 1.64. The molecule has 0 aromatic carbocycles. The summed E-state index contributed by atoms with van der Waals surface area (Å²) in [5.41, 5.74) is 0. The minimum atomic E-state index is -0.655. The van der Waals surface area contributed by atoms with E-state index in [0.717, 1.165) is 0 Å². The summed E-state index contributed by atoms with van der Waals surface area (Å²) in [6.07, 6.45) is 21.7. The molecule has 0 aromatic heterocycles. The molecule has 0 fully saturated rings. The predicted molar refractivity (Wildman–Crippen MR) is 102 cm³/mol. The molecular formula is C20H25P. The van der Waals surface area contributed by atoms with Gasteiger partial charge < -0.3 is 0 Å². The van der Waals surface area contributed by atoms with Gasteiger partial charge in [-0.25, -0.2) is 0 Å². The fourth-order valence-corrected chi connectivity index (χ4v) is 4.05. The average Bonchev–Trinajstić information content (AvgIpc) is 2.52. The lowest BCUT2D eigenvalue weighted by Crippen LogP contribution is -1.86. The largest absolute Gasteiger partial charge is 0.0991 e. The molecule has 0 N–H and O–H groups in total. The number of allylic oxidation sites excluding steroid dienone is 14. The van der Waals surface area contributed by atoms with E-state index in [4.69, 9.17) is 0 Å². The van der Waals surface area contributed by atoms with Gasteiger partial charge in [0.25, 0.3) is 0 Å². The highest BCUT2D eigenvalue weighted by Gasteiger charge is 2.17. The molecule has 21 heavy (non-hydrogen) atoms. The summed E-state index contributed by atoms with van der Waals surface area (Å²) in [5, 5.41) is 3.67. The third kappa shape index (κ3) is 6.38. The molecule has 0 amide bonds. The van der Waals surface area contributed by atoms with Crippen LogP contribution in [0.5, 0.6) is 0 Å². The lowest BCUT2D eigenvalue weighted by atomic mass is 10.4. The first kappa shape index (κ1) is 19.1. The highest BCUT2D eigenvalue weighted by atomic mass is 31.1. The van der Waals surface area contributed by atoms with E-state index in [9.17, 15) is 0 Å². The molecule has 0 rings (SSSR count). The molecule has 0 saturated carbocycles. The predicted octanol–water partition coefficient (Wildman–Crippen LogP) is 7.02. The van der Waals surface area contributed by atoms with Crippen LogP contribution >= 0.6 is 7.92 Å². The molecule has 0 radical (unpaired) electrons. The highest BCUT2D eigenvalue weighted by molar-refractivity contribution is 7.71. The minimum absolute atomic E-state index is 0.655. The van der Waals surface area contributed by atoms with Crippen LogP contribution in [0.2, 0.25) is 0 Å². The quantitative estimate of drug-likeness (QED) is 0.317. The summed E-state index contributed by atoms with van der Waals surface area (Å²) in [6, 6.07) is 0. The summed E-state index contributed by atoms with van der Waals surface area (Å²) in [7, 11) is -0.655. The van der Waals surface area contributed by atoms with E-state index in [-0.39, 0.29) is 0 Å². The Morgan fingerprint density at radius 1 is 0.714 bits per heavy atom. The molecule has 0 atom stereocenters. The van der Waals surface area contributed by atoms with Crippen molar-refractivity contribution in [1.29, 1.82) is 0 Å². The van der Waals surface area contributed by atoms with Crippen LogP contribution in [0.15, 0.2) is 109 Å². The van der Waals surface area contributed by atoms with Crippen LogP contribution in [0.25, 0.3) is 0 Å². The summed E-state index contributed by atoms with van der Waals surface area (Å²) in [6.45, 7) is 19.3. The fraction of sp³-hybridized carbons (Fsp3) is 0.100. The highest BCUT2D eigenvalue weighted by Crippen LogP contribution is 2.60. The van der Waals surface area contributed by atoms with Crippen LogP contribution in [0, 0.1) is 0 Å². The van der Waals surface area contributed by atoms with E-state index in [1.807, 2.05) is 24.3 Å². The van der Waals surface area contributed by atoms with Crippen LogP contribution in [0.3, 0.4) is 0 Å². The zero-order valence-corrected chi connectivity index (χ0v) is 14.0. The standard InChI is InChI=1S/C20H25P/c1-7-13-16-19(11-5)21(18(10-4)15-9-3)20(12-6)17-14-8-2/h7-17H,1-4H2,5-6H3/b16-13-,17-14-,18-15+,19-11+,20-12+. The van der Waals surface area contributed by atoms with Gasteiger partial charge in [-0.2, -0.15) is 0 Å². The van der Waals surface area contributed by atoms with Crippen molar-refractivity contribution in [1.82, 2.24) is 0 Å². The van der Waals surface area contributed by atoms with Gasteiger partial charge in [-0.05, 0) is 37.7 Å². The third-order valence-electron chi connectivity index (χ3n) is 2.67. The maximum atomic E-state index is 3.95. The summed E-state index contributed by atoms with van der Waals surface area (Å²) in [4.78, 5) is 0. The van der Waals surface area contributed by atoms with Gasteiger partial charge in [-0.3, -0.25) is 0 Å². The average molecular weight is 296 g/mol. The van der Waals surface area contributed by atoms with E-state index < -0.39 is 7.92 Å². The third-order valence-corrected chi connectivity index (χ3v) is 5.37. The van der Waals surface area contributed by atoms with Gasteiger partial charge in [0.1, 0.15) is 0 Å². The van der Waals surface area contributed by atoms with E-state index in [1.165, 1.54) is 15.9 Å². The molecule has 0 aliphatic carbocycles. The monoisotopic (exact) mass is 296 g/mol. The number of hydrogen-bond acceptors (Lipinski definition) is 0. The Kier molecular flexibility index (Phi) is 10.8. The topological polar surface area (TPSA) is 0 Å². The molecule has 0 aromatic rings. The Bertz CT molecular complexity index is 488. The molecule has 0 heterocycles. The Labute approximate surface area is 131 Å². The second kappa shape index (κ2) is 11.9. The van der Waals surface area contributed by atoms with E-state index in [2.05, 4.69) is 64.5 Å². The summed E-state index contributed by atoms with van der Waals surface area (Å²) in [5.74, 6) is 0. The van der Waals surface area contributed by atoms with Crippen LogP contribution in [-0.4, -0.2) is 0 Å². The molecule has 0 saturated heterocycles. The van der Waals surface area contributed by atoms with Crippen molar-refractivity contribution in [3.63, 3.8) is 0 Å². The van der Waals surface area contributed by atoms with Crippen LogP contribution in [0.1, 0.15) is 13.8 Å². The molecule has 1 heteroatoms. The van der Waals surface area contributed by atoms with Gasteiger partial charge in [-0.1, -0.05) is 93.2 Å². The maximum absolute atomic E-state index is 3.95. The molecule has 0 nitrogen and oxygen atoms in total. The number of rotatable bonds is 9. The Morgan fingerprint density at radius 2 is 1.19 bits per heavy atom. The van der Waals surface area contributed by atoms with Gasteiger partial charge in [-0.15, -0.1) is 0 Å². The molecule has 0 aliphatic rings. The van der Waals surface area contributed by atoms with Crippen molar-refractivity contribution in [3.05, 3.63) is 109 Å². The Morgan fingerprint density at radius 3 is 1.48 bits per heavy atom. The minimum Gasteiger partial charge on any atom is -0.0991 e. The molecule has 0 aliphatic heterocycles. The normalized spacial score (nSPS) is 15.2. The molecular weight excluding hydrogens is 271 g/mol. The first-order valence-electron chi connectivity index (χ1n) is 6.86. The van der Waals surface area contributed by atoms with Crippen molar-refractivity contribution in [2.75, 3.05) is 0 Å². The molecule has 110 valence electrons. The van der Waals surface area contributed by atoms with E-state index in [1.54, 1.807) is 18.2 Å².